The zero-order valence-electron chi connectivity index (χ0n) is 12.2. The summed E-state index contributed by atoms with van der Waals surface area (Å²) in [5, 5.41) is 0. The van der Waals surface area contributed by atoms with E-state index >= 15 is 0 Å². The van der Waals surface area contributed by atoms with Crippen molar-refractivity contribution in [3.05, 3.63) is 0 Å². The lowest BCUT2D eigenvalue weighted by Crippen LogP contribution is -2.74. The number of hydrogen-bond donors (Lipinski definition) is 0. The zero-order valence-corrected chi connectivity index (χ0v) is 12.2. The molecule has 3 atom stereocenters. The molecule has 0 N–H and O–H groups in total. The van der Waals surface area contributed by atoms with E-state index in [0.717, 1.165) is 19.3 Å². The van der Waals surface area contributed by atoms with E-state index in [-0.39, 0.29) is 16.9 Å². The van der Waals surface area contributed by atoms with Crippen LogP contribution in [-0.2, 0) is 9.47 Å². The topological polar surface area (TPSA) is 21.7 Å². The third-order valence-electron chi connectivity index (χ3n) is 5.88. The first-order valence-electron chi connectivity index (χ1n) is 6.86. The van der Waals surface area contributed by atoms with Crippen LogP contribution >= 0.6 is 0 Å². The van der Waals surface area contributed by atoms with E-state index in [1.54, 1.807) is 0 Å². The molecule has 3 heteroatoms. The summed E-state index contributed by atoms with van der Waals surface area (Å²) in [6.45, 7) is 11.9. The number of nitrogens with zero attached hydrogens (tertiary/aromatic N) is 1. The molecule has 2 aliphatic rings. The van der Waals surface area contributed by atoms with E-state index < -0.39 is 0 Å². The summed E-state index contributed by atoms with van der Waals surface area (Å²) in [6.07, 6.45) is 3.22. The lowest BCUT2D eigenvalue weighted by atomic mass is 9.66. The number of rotatable bonds is 2. The van der Waals surface area contributed by atoms with Crippen LogP contribution in [0.2, 0.25) is 0 Å². The summed E-state index contributed by atoms with van der Waals surface area (Å²) in [5.41, 5.74) is 0.307. The van der Waals surface area contributed by atoms with Crippen molar-refractivity contribution in [3.63, 3.8) is 0 Å². The zero-order chi connectivity index (χ0) is 12.9. The minimum absolute atomic E-state index is 0.142. The molecule has 0 amide bonds. The average Bonchev–Trinajstić information content (AvgIpc) is 2.29. The molecule has 1 spiro atoms. The van der Waals surface area contributed by atoms with Gasteiger partial charge >= 0.3 is 0 Å². The highest BCUT2D eigenvalue weighted by Gasteiger charge is 2.62. The fraction of sp³-hybridized carbons (Fsp3) is 1.00. The van der Waals surface area contributed by atoms with Gasteiger partial charge in [0.2, 0.25) is 0 Å². The molecule has 2 fully saturated rings. The van der Waals surface area contributed by atoms with Crippen LogP contribution in [0.5, 0.6) is 0 Å². The van der Waals surface area contributed by atoms with Crippen LogP contribution in [0, 0.1) is 5.92 Å². The molecule has 0 radical (unpaired) electrons. The highest BCUT2D eigenvalue weighted by Crippen LogP contribution is 2.53. The van der Waals surface area contributed by atoms with Crippen LogP contribution < -0.4 is 0 Å². The Labute approximate surface area is 105 Å². The van der Waals surface area contributed by atoms with E-state index in [2.05, 4.69) is 46.6 Å². The van der Waals surface area contributed by atoms with Crippen LogP contribution in [0.25, 0.3) is 0 Å². The molecule has 3 unspecified atom stereocenters. The molecule has 0 aromatic heterocycles. The summed E-state index contributed by atoms with van der Waals surface area (Å²) in [5.74, 6) is 0.0700. The maximum atomic E-state index is 5.87. The van der Waals surface area contributed by atoms with Gasteiger partial charge in [0.05, 0.1) is 0 Å². The summed E-state index contributed by atoms with van der Waals surface area (Å²) in [7, 11) is 2.26. The van der Waals surface area contributed by atoms with E-state index in [9.17, 15) is 0 Å². The first-order chi connectivity index (χ1) is 7.84. The molecule has 2 heterocycles. The summed E-state index contributed by atoms with van der Waals surface area (Å²) in [6, 6.07) is 0. The Morgan fingerprint density at radius 3 is 2.12 bits per heavy atom. The van der Waals surface area contributed by atoms with Crippen molar-refractivity contribution in [2.24, 2.45) is 5.92 Å². The van der Waals surface area contributed by atoms with Gasteiger partial charge in [0.15, 0.2) is 12.6 Å². The van der Waals surface area contributed by atoms with Crippen LogP contribution in [0.4, 0.5) is 0 Å². The maximum absolute atomic E-state index is 5.87. The fourth-order valence-electron chi connectivity index (χ4n) is 3.65. The molecule has 0 aromatic rings. The van der Waals surface area contributed by atoms with Crippen molar-refractivity contribution in [3.8, 4) is 0 Å². The number of hydrogen-bond acceptors (Lipinski definition) is 3. The van der Waals surface area contributed by atoms with Crippen LogP contribution in [-0.4, -0.2) is 35.6 Å². The average molecular weight is 241 g/mol. The monoisotopic (exact) mass is 241 g/mol. The van der Waals surface area contributed by atoms with Crippen molar-refractivity contribution in [2.45, 2.75) is 70.7 Å². The van der Waals surface area contributed by atoms with Gasteiger partial charge in [-0.05, 0) is 33.7 Å². The molecule has 0 saturated carbocycles. The van der Waals surface area contributed by atoms with E-state index in [1.807, 2.05) is 0 Å². The lowest BCUT2D eigenvalue weighted by Gasteiger charge is -2.65. The van der Waals surface area contributed by atoms with Gasteiger partial charge in [-0.15, -0.1) is 0 Å². The Balaban J connectivity index is 2.39. The van der Waals surface area contributed by atoms with Gasteiger partial charge < -0.3 is 9.47 Å². The largest absolute Gasteiger partial charge is 0.323 e. The van der Waals surface area contributed by atoms with Gasteiger partial charge in [-0.2, -0.15) is 0 Å². The molecule has 2 saturated heterocycles. The molecule has 0 bridgehead atoms. The molecule has 0 aromatic carbocycles. The second kappa shape index (κ2) is 3.94. The Hall–Kier alpha value is -0.120. The second-order valence-electron chi connectivity index (χ2n) is 6.24. The third-order valence-corrected chi connectivity index (χ3v) is 5.88. The van der Waals surface area contributed by atoms with Gasteiger partial charge in [-0.25, -0.2) is 0 Å². The SMILES string of the molecule is CCC1(C)CC2(OCO2)C(C)C(C)(CC)N1C. The normalized spacial score (nSPS) is 45.9. The number of ether oxygens (including phenoxy) is 2. The first kappa shape index (κ1) is 13.3. The molecule has 100 valence electrons. The lowest BCUT2D eigenvalue weighted by molar-refractivity contribution is -0.447. The molecule has 2 aliphatic heterocycles. The van der Waals surface area contributed by atoms with Crippen molar-refractivity contribution in [1.82, 2.24) is 4.90 Å². The van der Waals surface area contributed by atoms with Crippen LogP contribution in [0.15, 0.2) is 0 Å². The Bertz CT molecular complexity index is 285. The number of likely N-dealkylation sites (tertiary alicyclic amines) is 1. The molecular formula is C14H27NO2. The molecule has 17 heavy (non-hydrogen) atoms. The van der Waals surface area contributed by atoms with Crippen molar-refractivity contribution in [1.29, 1.82) is 0 Å². The van der Waals surface area contributed by atoms with Gasteiger partial charge in [0.25, 0.3) is 0 Å². The van der Waals surface area contributed by atoms with E-state index in [0.29, 0.717) is 12.7 Å². The standard InChI is InChI=1S/C14H27NO2/c1-7-12(4)9-14(16-10-17-14)11(3)13(5,8-2)15(12)6/h11H,7-10H2,1-6H3. The van der Waals surface area contributed by atoms with Crippen molar-refractivity contribution in [2.75, 3.05) is 13.8 Å². The molecule has 3 nitrogen and oxygen atoms in total. The molecule has 2 rings (SSSR count). The van der Waals surface area contributed by atoms with Crippen LogP contribution in [0.1, 0.15) is 53.9 Å². The highest BCUT2D eigenvalue weighted by atomic mass is 16.9. The van der Waals surface area contributed by atoms with Gasteiger partial charge in [-0.3, -0.25) is 4.90 Å². The molecule has 0 aliphatic carbocycles. The van der Waals surface area contributed by atoms with Crippen molar-refractivity contribution >= 4 is 0 Å². The third kappa shape index (κ3) is 1.59. The van der Waals surface area contributed by atoms with Gasteiger partial charge in [-0.1, -0.05) is 20.8 Å². The minimum atomic E-state index is -0.331. The second-order valence-corrected chi connectivity index (χ2v) is 6.24. The van der Waals surface area contributed by atoms with E-state index in [1.165, 1.54) is 0 Å². The summed E-state index contributed by atoms with van der Waals surface area (Å²) < 4.78 is 11.7. The fourth-order valence-corrected chi connectivity index (χ4v) is 3.65. The predicted molar refractivity (Wildman–Crippen MR) is 68.7 cm³/mol. The van der Waals surface area contributed by atoms with Gasteiger partial charge in [0, 0.05) is 23.4 Å². The number of piperidine rings is 1. The quantitative estimate of drug-likeness (QED) is 0.742. The first-order valence-corrected chi connectivity index (χ1v) is 6.86. The highest BCUT2D eigenvalue weighted by molar-refractivity contribution is 5.10. The Morgan fingerprint density at radius 1 is 1.18 bits per heavy atom. The van der Waals surface area contributed by atoms with Gasteiger partial charge in [0.1, 0.15) is 0 Å². The summed E-state index contributed by atoms with van der Waals surface area (Å²) >= 11 is 0. The van der Waals surface area contributed by atoms with Crippen LogP contribution in [0.3, 0.4) is 0 Å². The smallest absolute Gasteiger partial charge is 0.180 e. The molecular weight excluding hydrogens is 214 g/mol. The Morgan fingerprint density at radius 2 is 1.76 bits per heavy atom. The van der Waals surface area contributed by atoms with Crippen molar-refractivity contribution < 1.29 is 9.47 Å². The van der Waals surface area contributed by atoms with E-state index in [4.69, 9.17) is 9.47 Å². The predicted octanol–water partition coefficient (Wildman–Crippen LogP) is 3.00. The Kier molecular flexibility index (Phi) is 3.08. The summed E-state index contributed by atoms with van der Waals surface area (Å²) in [4.78, 5) is 2.56. The maximum Gasteiger partial charge on any atom is 0.180 e. The minimum Gasteiger partial charge on any atom is -0.323 e.